The molecule has 1 aromatic carbocycles. The summed E-state index contributed by atoms with van der Waals surface area (Å²) < 4.78 is 0.957. The first-order chi connectivity index (χ1) is 9.58. The summed E-state index contributed by atoms with van der Waals surface area (Å²) in [5.41, 5.74) is 7.61. The van der Waals surface area contributed by atoms with E-state index < -0.39 is 0 Å². The fourth-order valence-electron chi connectivity index (χ4n) is 2.01. The Balaban J connectivity index is 2.37. The van der Waals surface area contributed by atoms with E-state index in [0.29, 0.717) is 13.0 Å². The third kappa shape index (κ3) is 3.57. The van der Waals surface area contributed by atoms with E-state index in [1.807, 2.05) is 43.3 Å². The second-order valence-electron chi connectivity index (χ2n) is 4.56. The topological polar surface area (TPSA) is 66.0 Å². The summed E-state index contributed by atoms with van der Waals surface area (Å²) in [6, 6.07) is 12.1. The predicted molar refractivity (Wildman–Crippen MR) is 86.7 cm³/mol. The van der Waals surface area contributed by atoms with Crippen LogP contribution < -0.4 is 10.6 Å². The number of hydrogen-bond donors (Lipinski definition) is 2. The summed E-state index contributed by atoms with van der Waals surface area (Å²) in [4.78, 5) is 6.59. The van der Waals surface area contributed by atoms with Crippen LogP contribution in [0.25, 0.3) is 0 Å². The molecule has 1 heterocycles. The SMILES string of the molecule is Cc1cc(Br)cnc1N(CCC(=N)N)c1ccccc1. The van der Waals surface area contributed by atoms with E-state index in [2.05, 4.69) is 25.8 Å². The van der Waals surface area contributed by atoms with Crippen LogP contribution in [0.2, 0.25) is 0 Å². The van der Waals surface area contributed by atoms with Crippen molar-refractivity contribution in [3.8, 4) is 0 Å². The van der Waals surface area contributed by atoms with Crippen molar-refractivity contribution < 1.29 is 0 Å². The van der Waals surface area contributed by atoms with Crippen molar-refractivity contribution in [1.29, 1.82) is 5.41 Å². The Bertz CT molecular complexity index is 598. The number of aromatic nitrogens is 1. The first-order valence-electron chi connectivity index (χ1n) is 6.35. The molecule has 0 aliphatic rings. The van der Waals surface area contributed by atoms with Crippen molar-refractivity contribution >= 4 is 33.3 Å². The predicted octanol–water partition coefficient (Wildman–Crippen LogP) is 3.62. The van der Waals surface area contributed by atoms with Gasteiger partial charge >= 0.3 is 0 Å². The van der Waals surface area contributed by atoms with Crippen LogP contribution in [0.15, 0.2) is 47.1 Å². The van der Waals surface area contributed by atoms with Crippen LogP contribution in [-0.4, -0.2) is 17.4 Å². The number of hydrogen-bond acceptors (Lipinski definition) is 3. The minimum absolute atomic E-state index is 0.181. The molecular formula is C15H17BrN4. The van der Waals surface area contributed by atoms with Gasteiger partial charge in [-0.15, -0.1) is 0 Å². The van der Waals surface area contributed by atoms with E-state index in [0.717, 1.165) is 21.5 Å². The van der Waals surface area contributed by atoms with Gasteiger partial charge in [0.2, 0.25) is 0 Å². The fraction of sp³-hybridized carbons (Fsp3) is 0.200. The van der Waals surface area contributed by atoms with Crippen molar-refractivity contribution in [2.24, 2.45) is 5.73 Å². The highest BCUT2D eigenvalue weighted by Crippen LogP contribution is 2.27. The number of aryl methyl sites for hydroxylation is 1. The highest BCUT2D eigenvalue weighted by Gasteiger charge is 2.13. The van der Waals surface area contributed by atoms with Crippen LogP contribution in [0.1, 0.15) is 12.0 Å². The summed E-state index contributed by atoms with van der Waals surface area (Å²) >= 11 is 3.43. The van der Waals surface area contributed by atoms with Crippen LogP contribution in [-0.2, 0) is 0 Å². The smallest absolute Gasteiger partial charge is 0.135 e. The Labute approximate surface area is 127 Å². The molecule has 0 aliphatic heterocycles. The molecule has 0 aliphatic carbocycles. The number of nitrogens with two attached hydrogens (primary N) is 1. The largest absolute Gasteiger partial charge is 0.388 e. The number of benzene rings is 1. The molecule has 5 heteroatoms. The van der Waals surface area contributed by atoms with E-state index in [1.54, 1.807) is 6.20 Å². The molecule has 0 atom stereocenters. The minimum atomic E-state index is 0.181. The summed E-state index contributed by atoms with van der Waals surface area (Å²) in [5.74, 6) is 1.07. The molecule has 0 fully saturated rings. The zero-order valence-electron chi connectivity index (χ0n) is 11.3. The second-order valence-corrected chi connectivity index (χ2v) is 5.47. The molecule has 0 unspecified atom stereocenters. The van der Waals surface area contributed by atoms with Crippen molar-refractivity contribution in [2.45, 2.75) is 13.3 Å². The van der Waals surface area contributed by atoms with E-state index in [9.17, 15) is 0 Å². The van der Waals surface area contributed by atoms with Gasteiger partial charge < -0.3 is 10.6 Å². The summed E-state index contributed by atoms with van der Waals surface area (Å²) in [6.45, 7) is 2.66. The highest BCUT2D eigenvalue weighted by atomic mass is 79.9. The second kappa shape index (κ2) is 6.52. The lowest BCUT2D eigenvalue weighted by atomic mass is 10.2. The number of amidine groups is 1. The summed E-state index contributed by atoms with van der Waals surface area (Å²) in [5, 5.41) is 7.42. The van der Waals surface area contributed by atoms with Gasteiger partial charge in [-0.25, -0.2) is 4.98 Å². The number of para-hydroxylation sites is 1. The Morgan fingerprint density at radius 2 is 2.05 bits per heavy atom. The van der Waals surface area contributed by atoms with Gasteiger partial charge in [0.05, 0.1) is 5.84 Å². The number of rotatable bonds is 5. The van der Waals surface area contributed by atoms with Crippen molar-refractivity contribution in [2.75, 3.05) is 11.4 Å². The molecule has 4 nitrogen and oxygen atoms in total. The number of anilines is 2. The molecule has 3 N–H and O–H groups in total. The molecule has 2 aromatic rings. The molecule has 0 amide bonds. The van der Waals surface area contributed by atoms with Gasteiger partial charge in [0.15, 0.2) is 0 Å². The van der Waals surface area contributed by atoms with Gasteiger partial charge in [-0.2, -0.15) is 0 Å². The maximum Gasteiger partial charge on any atom is 0.135 e. The normalized spacial score (nSPS) is 10.3. The van der Waals surface area contributed by atoms with Crippen molar-refractivity contribution in [3.63, 3.8) is 0 Å². The zero-order valence-corrected chi connectivity index (χ0v) is 12.9. The average Bonchev–Trinajstić information content (AvgIpc) is 2.42. The number of pyridine rings is 1. The average molecular weight is 333 g/mol. The fourth-order valence-corrected chi connectivity index (χ4v) is 2.46. The number of nitrogens with zero attached hydrogens (tertiary/aromatic N) is 2. The molecule has 20 heavy (non-hydrogen) atoms. The first-order valence-corrected chi connectivity index (χ1v) is 7.15. The van der Waals surface area contributed by atoms with E-state index in [-0.39, 0.29) is 5.84 Å². The maximum atomic E-state index is 7.42. The molecule has 1 aromatic heterocycles. The van der Waals surface area contributed by atoms with Crippen LogP contribution in [0.4, 0.5) is 11.5 Å². The molecule has 0 radical (unpaired) electrons. The van der Waals surface area contributed by atoms with Gasteiger partial charge in [0.25, 0.3) is 0 Å². The maximum absolute atomic E-state index is 7.42. The van der Waals surface area contributed by atoms with Gasteiger partial charge in [-0.3, -0.25) is 5.41 Å². The van der Waals surface area contributed by atoms with Gasteiger partial charge in [-0.05, 0) is 46.6 Å². The number of nitrogens with one attached hydrogen (secondary N) is 1. The lowest BCUT2D eigenvalue weighted by Crippen LogP contribution is -2.25. The highest BCUT2D eigenvalue weighted by molar-refractivity contribution is 9.10. The first kappa shape index (κ1) is 14.5. The molecule has 0 saturated heterocycles. The summed E-state index contributed by atoms with van der Waals surface area (Å²) in [7, 11) is 0. The monoisotopic (exact) mass is 332 g/mol. The molecule has 0 bridgehead atoms. The van der Waals surface area contributed by atoms with Crippen molar-refractivity contribution in [1.82, 2.24) is 4.98 Å². The van der Waals surface area contributed by atoms with E-state index in [4.69, 9.17) is 11.1 Å². The molecular weight excluding hydrogens is 316 g/mol. The standard InChI is InChI=1S/C15H17BrN4/c1-11-9-12(16)10-19-15(11)20(8-7-14(17)18)13-5-3-2-4-6-13/h2-6,9-10H,7-8H2,1H3,(H3,17,18). The lowest BCUT2D eigenvalue weighted by molar-refractivity contribution is 0.924. The van der Waals surface area contributed by atoms with E-state index in [1.165, 1.54) is 0 Å². The Morgan fingerprint density at radius 3 is 2.65 bits per heavy atom. The molecule has 2 rings (SSSR count). The Kier molecular flexibility index (Phi) is 4.74. The minimum Gasteiger partial charge on any atom is -0.388 e. The van der Waals surface area contributed by atoms with E-state index >= 15 is 0 Å². The van der Waals surface area contributed by atoms with Crippen LogP contribution in [0, 0.1) is 12.3 Å². The quantitative estimate of drug-likeness (QED) is 0.649. The third-order valence-corrected chi connectivity index (χ3v) is 3.38. The van der Waals surface area contributed by atoms with Gasteiger partial charge in [0, 0.05) is 29.3 Å². The molecule has 0 spiro atoms. The summed E-state index contributed by atoms with van der Waals surface area (Å²) in [6.07, 6.45) is 2.29. The Hall–Kier alpha value is -1.88. The number of halogens is 1. The van der Waals surface area contributed by atoms with Crippen LogP contribution >= 0.6 is 15.9 Å². The zero-order chi connectivity index (χ0) is 14.5. The van der Waals surface area contributed by atoms with Gasteiger partial charge in [-0.1, -0.05) is 18.2 Å². The van der Waals surface area contributed by atoms with Gasteiger partial charge in [0.1, 0.15) is 5.82 Å². The Morgan fingerprint density at radius 1 is 1.35 bits per heavy atom. The lowest BCUT2D eigenvalue weighted by Gasteiger charge is -2.25. The molecule has 0 saturated carbocycles. The molecule has 104 valence electrons. The third-order valence-electron chi connectivity index (χ3n) is 2.95. The van der Waals surface area contributed by atoms with Crippen molar-refractivity contribution in [3.05, 3.63) is 52.6 Å². The van der Waals surface area contributed by atoms with Crippen LogP contribution in [0.5, 0.6) is 0 Å². The van der Waals surface area contributed by atoms with Crippen LogP contribution in [0.3, 0.4) is 0 Å².